The first-order valence-electron chi connectivity index (χ1n) is 6.94. The molecule has 1 aromatic rings. The first kappa shape index (κ1) is 17.6. The molecule has 0 unspecified atom stereocenters. The molecule has 1 aromatic carbocycles. The van der Waals surface area contributed by atoms with E-state index in [9.17, 15) is 4.79 Å². The molecule has 0 atom stereocenters. The van der Waals surface area contributed by atoms with Crippen LogP contribution in [0.1, 0.15) is 41.8 Å². The summed E-state index contributed by atoms with van der Waals surface area (Å²) in [5.74, 6) is 5.82. The predicted octanol–water partition coefficient (Wildman–Crippen LogP) is 2.60. The molecule has 2 N–H and O–H groups in total. The summed E-state index contributed by atoms with van der Waals surface area (Å²) in [5, 5.41) is 11.7. The van der Waals surface area contributed by atoms with Gasteiger partial charge < -0.3 is 10.4 Å². The van der Waals surface area contributed by atoms with Gasteiger partial charge in [0.15, 0.2) is 0 Å². The van der Waals surface area contributed by atoms with Gasteiger partial charge in [0.2, 0.25) is 0 Å². The van der Waals surface area contributed by atoms with E-state index >= 15 is 0 Å². The number of benzene rings is 1. The Morgan fingerprint density at radius 2 is 2.14 bits per heavy atom. The van der Waals surface area contributed by atoms with E-state index in [1.807, 2.05) is 31.4 Å². The largest absolute Gasteiger partial charge is 0.395 e. The van der Waals surface area contributed by atoms with Gasteiger partial charge in [-0.1, -0.05) is 17.9 Å². The van der Waals surface area contributed by atoms with Crippen LogP contribution in [0, 0.1) is 18.8 Å². The minimum absolute atomic E-state index is 0.0160. The second-order valence-electron chi connectivity index (χ2n) is 5.40. The molecule has 0 aliphatic heterocycles. The zero-order chi connectivity index (χ0) is 15.9. The molecule has 21 heavy (non-hydrogen) atoms. The average molecular weight is 305 g/mol. The van der Waals surface area contributed by atoms with Crippen molar-refractivity contribution in [3.05, 3.63) is 34.9 Å². The Balaban J connectivity index is 2.87. The van der Waals surface area contributed by atoms with Crippen molar-refractivity contribution in [1.29, 1.82) is 0 Å². The maximum absolute atomic E-state index is 12.3. The Bertz CT molecular complexity index is 556. The summed E-state index contributed by atoms with van der Waals surface area (Å²) in [6, 6.07) is 5.54. The highest BCUT2D eigenvalue weighted by molar-refractivity contribution is 7.99. The Morgan fingerprint density at radius 1 is 1.43 bits per heavy atom. The molecule has 4 heteroatoms. The van der Waals surface area contributed by atoms with Crippen molar-refractivity contribution in [1.82, 2.24) is 5.32 Å². The lowest BCUT2D eigenvalue weighted by Crippen LogP contribution is -2.36. The van der Waals surface area contributed by atoms with Crippen LogP contribution < -0.4 is 5.32 Å². The molecule has 0 fully saturated rings. The SMILES string of the molecule is CSC(C)(C)CNC(=O)c1cccc(C#CCCO)c1C. The fraction of sp³-hybridized carbons (Fsp3) is 0.471. The lowest BCUT2D eigenvalue weighted by Gasteiger charge is -2.22. The van der Waals surface area contributed by atoms with E-state index in [-0.39, 0.29) is 17.3 Å². The molecule has 1 rings (SSSR count). The van der Waals surface area contributed by atoms with Crippen LogP contribution in [0.2, 0.25) is 0 Å². The molecule has 0 saturated heterocycles. The average Bonchev–Trinajstić information content (AvgIpc) is 2.47. The summed E-state index contributed by atoms with van der Waals surface area (Å²) in [7, 11) is 0. The highest BCUT2D eigenvalue weighted by atomic mass is 32.2. The molecule has 1 amide bonds. The molecular weight excluding hydrogens is 282 g/mol. The minimum atomic E-state index is -0.0690. The normalized spacial score (nSPS) is 10.7. The molecule has 3 nitrogen and oxygen atoms in total. The number of rotatable bonds is 5. The third-order valence-electron chi connectivity index (χ3n) is 3.27. The van der Waals surface area contributed by atoms with Crippen molar-refractivity contribution in [2.45, 2.75) is 31.9 Å². The molecule has 0 saturated carbocycles. The number of amides is 1. The summed E-state index contributed by atoms with van der Waals surface area (Å²) in [6.45, 7) is 6.77. The van der Waals surface area contributed by atoms with Crippen LogP contribution in [0.5, 0.6) is 0 Å². The van der Waals surface area contributed by atoms with Gasteiger partial charge in [-0.15, -0.1) is 0 Å². The molecule has 0 aromatic heterocycles. The van der Waals surface area contributed by atoms with Gasteiger partial charge in [0.1, 0.15) is 0 Å². The van der Waals surface area contributed by atoms with Crippen molar-refractivity contribution in [3.63, 3.8) is 0 Å². The Kier molecular flexibility index (Phi) is 6.80. The maximum Gasteiger partial charge on any atom is 0.251 e. The number of hydrogen-bond acceptors (Lipinski definition) is 3. The van der Waals surface area contributed by atoms with E-state index in [1.54, 1.807) is 11.8 Å². The number of hydrogen-bond donors (Lipinski definition) is 2. The van der Waals surface area contributed by atoms with Crippen LogP contribution in [0.15, 0.2) is 18.2 Å². The van der Waals surface area contributed by atoms with Crippen molar-refractivity contribution >= 4 is 17.7 Å². The van der Waals surface area contributed by atoms with Crippen molar-refractivity contribution in [2.75, 3.05) is 19.4 Å². The van der Waals surface area contributed by atoms with Crippen LogP contribution in [0.3, 0.4) is 0 Å². The summed E-state index contributed by atoms with van der Waals surface area (Å²) in [6.07, 6.45) is 2.48. The van der Waals surface area contributed by atoms with Gasteiger partial charge in [-0.05, 0) is 44.7 Å². The summed E-state index contributed by atoms with van der Waals surface area (Å²) >= 11 is 1.72. The van der Waals surface area contributed by atoms with Gasteiger partial charge in [0, 0.05) is 28.8 Å². The Hall–Kier alpha value is -1.44. The van der Waals surface area contributed by atoms with E-state index < -0.39 is 0 Å². The number of thioether (sulfide) groups is 1. The van der Waals surface area contributed by atoms with Crippen molar-refractivity contribution in [3.8, 4) is 11.8 Å². The number of nitrogens with one attached hydrogen (secondary N) is 1. The molecule has 0 bridgehead atoms. The maximum atomic E-state index is 12.3. The topological polar surface area (TPSA) is 49.3 Å². The predicted molar refractivity (Wildman–Crippen MR) is 89.7 cm³/mol. The fourth-order valence-corrected chi connectivity index (χ4v) is 1.91. The number of aliphatic hydroxyl groups excluding tert-OH is 1. The first-order chi connectivity index (χ1) is 9.91. The highest BCUT2D eigenvalue weighted by Gasteiger charge is 2.18. The van der Waals surface area contributed by atoms with Gasteiger partial charge in [0.25, 0.3) is 5.91 Å². The fourth-order valence-electron chi connectivity index (χ4n) is 1.69. The van der Waals surface area contributed by atoms with Crippen molar-refractivity contribution < 1.29 is 9.90 Å². The second kappa shape index (κ2) is 8.11. The highest BCUT2D eigenvalue weighted by Crippen LogP contribution is 2.20. The summed E-state index contributed by atoms with van der Waals surface area (Å²) < 4.78 is 0.0160. The van der Waals surface area contributed by atoms with Crippen LogP contribution in [0.25, 0.3) is 0 Å². The number of carbonyl (C=O) groups is 1. The zero-order valence-electron chi connectivity index (χ0n) is 13.1. The number of aliphatic hydroxyl groups is 1. The quantitative estimate of drug-likeness (QED) is 0.822. The first-order valence-corrected chi connectivity index (χ1v) is 8.16. The molecule has 0 aliphatic rings. The van der Waals surface area contributed by atoms with Gasteiger partial charge in [-0.2, -0.15) is 11.8 Å². The lowest BCUT2D eigenvalue weighted by molar-refractivity contribution is 0.0950. The third kappa shape index (κ3) is 5.45. The molecular formula is C17H23NO2S. The van der Waals surface area contributed by atoms with Gasteiger partial charge in [-0.3, -0.25) is 4.79 Å². The van der Waals surface area contributed by atoms with E-state index in [0.717, 1.165) is 11.1 Å². The monoisotopic (exact) mass is 305 g/mol. The molecule has 114 valence electrons. The van der Waals surface area contributed by atoms with Crippen LogP contribution in [-0.4, -0.2) is 35.2 Å². The summed E-state index contributed by atoms with van der Waals surface area (Å²) in [5.41, 5.74) is 2.37. The summed E-state index contributed by atoms with van der Waals surface area (Å²) in [4.78, 5) is 12.3. The molecule has 0 radical (unpaired) electrons. The standard InChI is InChI=1S/C17H23NO2S/c1-13-14(8-5-6-11-19)9-7-10-15(13)16(20)18-12-17(2,3)21-4/h7,9-10,19H,6,11-12H2,1-4H3,(H,18,20). The molecule has 0 heterocycles. The molecule has 0 spiro atoms. The van der Waals surface area contributed by atoms with Gasteiger partial charge >= 0.3 is 0 Å². The van der Waals surface area contributed by atoms with Crippen LogP contribution in [0.4, 0.5) is 0 Å². The lowest BCUT2D eigenvalue weighted by atomic mass is 10.0. The van der Waals surface area contributed by atoms with E-state index in [4.69, 9.17) is 5.11 Å². The zero-order valence-corrected chi connectivity index (χ0v) is 13.9. The Labute approximate surface area is 131 Å². The van der Waals surface area contributed by atoms with Crippen LogP contribution >= 0.6 is 11.8 Å². The van der Waals surface area contributed by atoms with E-state index in [2.05, 4.69) is 31.0 Å². The van der Waals surface area contributed by atoms with Crippen molar-refractivity contribution in [2.24, 2.45) is 0 Å². The van der Waals surface area contributed by atoms with Crippen LogP contribution in [-0.2, 0) is 0 Å². The second-order valence-corrected chi connectivity index (χ2v) is 6.91. The van der Waals surface area contributed by atoms with Gasteiger partial charge in [-0.25, -0.2) is 0 Å². The third-order valence-corrected chi connectivity index (χ3v) is 4.52. The van der Waals surface area contributed by atoms with Gasteiger partial charge in [0.05, 0.1) is 6.61 Å². The number of carbonyl (C=O) groups excluding carboxylic acids is 1. The van der Waals surface area contributed by atoms with E-state index in [0.29, 0.717) is 18.5 Å². The smallest absolute Gasteiger partial charge is 0.251 e. The van der Waals surface area contributed by atoms with E-state index in [1.165, 1.54) is 0 Å². The minimum Gasteiger partial charge on any atom is -0.395 e. The molecule has 0 aliphatic carbocycles. The Morgan fingerprint density at radius 3 is 2.76 bits per heavy atom.